The van der Waals surface area contributed by atoms with E-state index in [0.29, 0.717) is 18.5 Å². The van der Waals surface area contributed by atoms with E-state index in [1.807, 2.05) is 30.3 Å². The van der Waals surface area contributed by atoms with Crippen LogP contribution in [-0.4, -0.2) is 24.0 Å². The summed E-state index contributed by atoms with van der Waals surface area (Å²) >= 11 is 0. The molecule has 1 aromatic heterocycles. The largest absolute Gasteiger partial charge is 0.444 e. The number of nitrogens with zero attached hydrogens (tertiary/aromatic N) is 2. The van der Waals surface area contributed by atoms with Crippen molar-refractivity contribution in [2.75, 3.05) is 7.05 Å². The second-order valence-corrected chi connectivity index (χ2v) is 5.98. The van der Waals surface area contributed by atoms with E-state index in [1.165, 1.54) is 19.3 Å². The topological polar surface area (TPSA) is 62.5 Å². The molecule has 130 valence electrons. The standard InChI is InChI=1S/C19H28N4O/c1-4-5-7-10-15(2)22-19(20-3)21-13-17-14-24-18(23-17)16-11-8-6-9-12-16/h6,8-9,11-12,14-15H,4-5,7,10,13H2,1-3H3,(H2,20,21,22). The van der Waals surface area contributed by atoms with E-state index >= 15 is 0 Å². The van der Waals surface area contributed by atoms with Gasteiger partial charge in [0, 0.05) is 18.7 Å². The normalized spacial score (nSPS) is 12.9. The molecule has 2 aromatic rings. The van der Waals surface area contributed by atoms with Gasteiger partial charge >= 0.3 is 0 Å². The zero-order valence-electron chi connectivity index (χ0n) is 14.9. The lowest BCUT2D eigenvalue weighted by atomic mass is 10.1. The lowest BCUT2D eigenvalue weighted by molar-refractivity contribution is 0.546. The molecule has 0 spiro atoms. The summed E-state index contributed by atoms with van der Waals surface area (Å²) in [5.74, 6) is 1.44. The summed E-state index contributed by atoms with van der Waals surface area (Å²) in [6.45, 7) is 4.99. The second-order valence-electron chi connectivity index (χ2n) is 5.98. The number of nitrogens with one attached hydrogen (secondary N) is 2. The molecule has 1 aromatic carbocycles. The minimum Gasteiger partial charge on any atom is -0.444 e. The molecule has 1 atom stereocenters. The van der Waals surface area contributed by atoms with Crippen LogP contribution < -0.4 is 10.6 Å². The third-order valence-electron chi connectivity index (χ3n) is 3.86. The summed E-state index contributed by atoms with van der Waals surface area (Å²) in [4.78, 5) is 8.79. The molecular formula is C19H28N4O. The van der Waals surface area contributed by atoms with Crippen molar-refractivity contribution in [1.82, 2.24) is 15.6 Å². The molecule has 1 heterocycles. The highest BCUT2D eigenvalue weighted by molar-refractivity contribution is 5.79. The first-order valence-corrected chi connectivity index (χ1v) is 8.70. The van der Waals surface area contributed by atoms with Crippen LogP contribution in [0.25, 0.3) is 11.5 Å². The maximum Gasteiger partial charge on any atom is 0.226 e. The van der Waals surface area contributed by atoms with Gasteiger partial charge in [-0.3, -0.25) is 4.99 Å². The molecule has 5 nitrogen and oxygen atoms in total. The van der Waals surface area contributed by atoms with Crippen LogP contribution in [0.5, 0.6) is 0 Å². The highest BCUT2D eigenvalue weighted by Gasteiger charge is 2.08. The Kier molecular flexibility index (Phi) is 7.33. The Morgan fingerprint density at radius 1 is 1.25 bits per heavy atom. The van der Waals surface area contributed by atoms with Gasteiger partial charge < -0.3 is 15.1 Å². The van der Waals surface area contributed by atoms with Gasteiger partial charge in [-0.05, 0) is 25.5 Å². The van der Waals surface area contributed by atoms with Crippen LogP contribution in [0.4, 0.5) is 0 Å². The third kappa shape index (κ3) is 5.72. The molecular weight excluding hydrogens is 300 g/mol. The summed E-state index contributed by atoms with van der Waals surface area (Å²) in [7, 11) is 1.78. The molecule has 0 bridgehead atoms. The Hall–Kier alpha value is -2.30. The highest BCUT2D eigenvalue weighted by Crippen LogP contribution is 2.17. The molecule has 0 saturated heterocycles. The number of aromatic nitrogens is 1. The number of rotatable bonds is 8. The van der Waals surface area contributed by atoms with Crippen LogP contribution in [0.1, 0.15) is 45.2 Å². The molecule has 0 aliphatic heterocycles. The van der Waals surface area contributed by atoms with Gasteiger partial charge in [0.2, 0.25) is 5.89 Å². The maximum atomic E-state index is 5.55. The Bertz CT molecular complexity index is 621. The zero-order chi connectivity index (χ0) is 17.2. The number of oxazole rings is 1. The van der Waals surface area contributed by atoms with Gasteiger partial charge in [0.1, 0.15) is 6.26 Å². The van der Waals surface area contributed by atoms with Gasteiger partial charge in [-0.15, -0.1) is 0 Å². The minimum atomic E-state index is 0.403. The van der Waals surface area contributed by atoms with Crippen molar-refractivity contribution in [3.05, 3.63) is 42.3 Å². The van der Waals surface area contributed by atoms with Crippen molar-refractivity contribution in [2.24, 2.45) is 4.99 Å². The average Bonchev–Trinajstić information content (AvgIpc) is 3.08. The van der Waals surface area contributed by atoms with Gasteiger partial charge in [0.25, 0.3) is 0 Å². The molecule has 0 saturated carbocycles. The SMILES string of the molecule is CCCCCC(C)NC(=NC)NCc1coc(-c2ccccc2)n1. The smallest absolute Gasteiger partial charge is 0.226 e. The molecule has 2 N–H and O–H groups in total. The van der Waals surface area contributed by atoms with Crippen molar-refractivity contribution in [3.63, 3.8) is 0 Å². The summed E-state index contributed by atoms with van der Waals surface area (Å²) in [5, 5.41) is 6.70. The van der Waals surface area contributed by atoms with E-state index in [9.17, 15) is 0 Å². The molecule has 5 heteroatoms. The Morgan fingerprint density at radius 3 is 2.75 bits per heavy atom. The lowest BCUT2D eigenvalue weighted by Crippen LogP contribution is -2.41. The zero-order valence-corrected chi connectivity index (χ0v) is 14.9. The fraction of sp³-hybridized carbons (Fsp3) is 0.474. The van der Waals surface area contributed by atoms with Crippen LogP contribution >= 0.6 is 0 Å². The average molecular weight is 328 g/mol. The van der Waals surface area contributed by atoms with Crippen molar-refractivity contribution in [3.8, 4) is 11.5 Å². The predicted molar refractivity (Wildman–Crippen MR) is 98.9 cm³/mol. The number of guanidine groups is 1. The Labute approximate surface area is 144 Å². The highest BCUT2D eigenvalue weighted by atomic mass is 16.3. The van der Waals surface area contributed by atoms with Gasteiger partial charge in [-0.2, -0.15) is 0 Å². The van der Waals surface area contributed by atoms with Crippen LogP contribution in [-0.2, 0) is 6.54 Å². The third-order valence-corrected chi connectivity index (χ3v) is 3.86. The Balaban J connectivity index is 1.82. The van der Waals surface area contributed by atoms with Gasteiger partial charge in [0.05, 0.1) is 12.2 Å². The molecule has 0 radical (unpaired) electrons. The summed E-state index contributed by atoms with van der Waals surface area (Å²) in [6.07, 6.45) is 6.60. The number of hydrogen-bond donors (Lipinski definition) is 2. The van der Waals surface area contributed by atoms with E-state index < -0.39 is 0 Å². The van der Waals surface area contributed by atoms with Gasteiger partial charge in [-0.25, -0.2) is 4.98 Å². The van der Waals surface area contributed by atoms with Crippen LogP contribution in [0.3, 0.4) is 0 Å². The van der Waals surface area contributed by atoms with Crippen molar-refractivity contribution < 1.29 is 4.42 Å². The Morgan fingerprint density at radius 2 is 2.04 bits per heavy atom. The summed E-state index contributed by atoms with van der Waals surface area (Å²) < 4.78 is 5.55. The number of unbranched alkanes of at least 4 members (excludes halogenated alkanes) is 2. The van der Waals surface area contributed by atoms with E-state index in [1.54, 1.807) is 13.3 Å². The van der Waals surface area contributed by atoms with E-state index in [2.05, 4.69) is 34.5 Å². The number of benzene rings is 1. The first-order valence-electron chi connectivity index (χ1n) is 8.70. The van der Waals surface area contributed by atoms with E-state index in [4.69, 9.17) is 4.42 Å². The molecule has 2 rings (SSSR count). The maximum absolute atomic E-state index is 5.55. The predicted octanol–water partition coefficient (Wildman–Crippen LogP) is 3.98. The molecule has 0 aliphatic rings. The van der Waals surface area contributed by atoms with Crippen molar-refractivity contribution >= 4 is 5.96 Å². The molecule has 1 unspecified atom stereocenters. The monoisotopic (exact) mass is 328 g/mol. The quantitative estimate of drug-likeness (QED) is 0.437. The van der Waals surface area contributed by atoms with Crippen LogP contribution in [0, 0.1) is 0 Å². The number of aliphatic imine (C=N–C) groups is 1. The van der Waals surface area contributed by atoms with E-state index in [-0.39, 0.29) is 0 Å². The molecule has 24 heavy (non-hydrogen) atoms. The van der Waals surface area contributed by atoms with Crippen molar-refractivity contribution in [1.29, 1.82) is 0 Å². The fourth-order valence-corrected chi connectivity index (χ4v) is 2.48. The van der Waals surface area contributed by atoms with Gasteiger partial charge in [0.15, 0.2) is 5.96 Å². The molecule has 0 amide bonds. The number of hydrogen-bond acceptors (Lipinski definition) is 3. The molecule has 0 fully saturated rings. The summed E-state index contributed by atoms with van der Waals surface area (Å²) in [5.41, 5.74) is 1.84. The minimum absolute atomic E-state index is 0.403. The lowest BCUT2D eigenvalue weighted by Gasteiger charge is -2.17. The van der Waals surface area contributed by atoms with Gasteiger partial charge in [-0.1, -0.05) is 44.4 Å². The van der Waals surface area contributed by atoms with Crippen LogP contribution in [0.2, 0.25) is 0 Å². The first-order chi connectivity index (χ1) is 11.7. The fourth-order valence-electron chi connectivity index (χ4n) is 2.48. The first kappa shape index (κ1) is 18.0. The molecule has 0 aliphatic carbocycles. The van der Waals surface area contributed by atoms with E-state index in [0.717, 1.165) is 23.6 Å². The summed E-state index contributed by atoms with van der Waals surface area (Å²) in [6, 6.07) is 10.3. The van der Waals surface area contributed by atoms with Crippen LogP contribution in [0.15, 0.2) is 46.0 Å². The second kappa shape index (κ2) is 9.75. The van der Waals surface area contributed by atoms with Crippen molar-refractivity contribution in [2.45, 2.75) is 52.1 Å².